The number of ether oxygens (including phenoxy) is 2. The van der Waals surface area contributed by atoms with Crippen LogP contribution in [0.2, 0.25) is 0 Å². The fourth-order valence-electron chi connectivity index (χ4n) is 3.18. The van der Waals surface area contributed by atoms with Crippen LogP contribution in [0, 0.1) is 6.92 Å². The molecular formula is C22H27N3O3. The minimum absolute atomic E-state index is 0.0921. The third kappa shape index (κ3) is 5.33. The van der Waals surface area contributed by atoms with Gasteiger partial charge >= 0.3 is 0 Å². The topological polar surface area (TPSA) is 65.4 Å². The minimum atomic E-state index is -0.0949. The highest BCUT2D eigenvalue weighted by Gasteiger charge is 2.10. The first-order valence-electron chi connectivity index (χ1n) is 9.56. The molecule has 3 aromatic rings. The molecule has 0 saturated carbocycles. The van der Waals surface area contributed by atoms with Gasteiger partial charge in [-0.15, -0.1) is 0 Å². The number of hydrogen-bond acceptors (Lipinski definition) is 4. The lowest BCUT2D eigenvalue weighted by Gasteiger charge is -2.11. The van der Waals surface area contributed by atoms with E-state index >= 15 is 0 Å². The summed E-state index contributed by atoms with van der Waals surface area (Å²) in [7, 11) is 1.51. The molecule has 1 amide bonds. The Kier molecular flexibility index (Phi) is 7.03. The number of nitrogens with zero attached hydrogens (tertiary/aromatic N) is 2. The Bertz CT molecular complexity index is 920. The van der Waals surface area contributed by atoms with Crippen molar-refractivity contribution in [2.75, 3.05) is 26.9 Å². The molecule has 2 aromatic carbocycles. The number of nitrogens with one attached hydrogen (secondary N) is 1. The number of imidazole rings is 1. The summed E-state index contributed by atoms with van der Waals surface area (Å²) in [6.45, 7) is 4.04. The molecule has 0 aliphatic rings. The molecule has 0 unspecified atom stereocenters. The standard InChI is InChI=1S/C22H27N3O3/c1-17-7-5-8-18(15-17)28-14-13-25-20-10-4-3-9-19(20)24-21(25)11-6-12-23-22(26)16-27-2/h3-5,7-10,15H,6,11-14,16H2,1-2H3,(H,23,26). The van der Waals surface area contributed by atoms with Gasteiger partial charge in [-0.1, -0.05) is 24.3 Å². The molecule has 0 saturated heterocycles. The lowest BCUT2D eigenvalue weighted by Crippen LogP contribution is -2.28. The van der Waals surface area contributed by atoms with Crippen LogP contribution in [0.5, 0.6) is 5.75 Å². The minimum Gasteiger partial charge on any atom is -0.492 e. The highest BCUT2D eigenvalue weighted by Crippen LogP contribution is 2.18. The van der Waals surface area contributed by atoms with Crippen LogP contribution in [0.4, 0.5) is 0 Å². The zero-order chi connectivity index (χ0) is 19.8. The van der Waals surface area contributed by atoms with Gasteiger partial charge in [0.1, 0.15) is 24.8 Å². The van der Waals surface area contributed by atoms with Crippen molar-refractivity contribution in [1.29, 1.82) is 0 Å². The molecule has 6 nitrogen and oxygen atoms in total. The first kappa shape index (κ1) is 19.9. The molecule has 3 rings (SSSR count). The van der Waals surface area contributed by atoms with Crippen LogP contribution in [0.3, 0.4) is 0 Å². The second kappa shape index (κ2) is 9.90. The molecule has 148 valence electrons. The molecule has 0 aliphatic heterocycles. The van der Waals surface area contributed by atoms with Crippen molar-refractivity contribution in [1.82, 2.24) is 14.9 Å². The van der Waals surface area contributed by atoms with E-state index < -0.39 is 0 Å². The zero-order valence-corrected chi connectivity index (χ0v) is 16.5. The second-order valence-corrected chi connectivity index (χ2v) is 6.72. The van der Waals surface area contributed by atoms with Crippen molar-refractivity contribution in [2.24, 2.45) is 0 Å². The molecule has 1 aromatic heterocycles. The highest BCUT2D eigenvalue weighted by molar-refractivity contribution is 5.77. The fraction of sp³-hybridized carbons (Fsp3) is 0.364. The number of para-hydroxylation sites is 2. The van der Waals surface area contributed by atoms with Gasteiger partial charge in [0.15, 0.2) is 0 Å². The van der Waals surface area contributed by atoms with Crippen molar-refractivity contribution < 1.29 is 14.3 Å². The largest absolute Gasteiger partial charge is 0.492 e. The summed E-state index contributed by atoms with van der Waals surface area (Å²) in [4.78, 5) is 16.3. The van der Waals surface area contributed by atoms with Crippen LogP contribution < -0.4 is 10.1 Å². The van der Waals surface area contributed by atoms with E-state index in [1.165, 1.54) is 12.7 Å². The Hall–Kier alpha value is -2.86. The van der Waals surface area contributed by atoms with Crippen molar-refractivity contribution in [2.45, 2.75) is 26.3 Å². The van der Waals surface area contributed by atoms with Crippen LogP contribution in [-0.2, 0) is 22.5 Å². The Balaban J connectivity index is 1.62. The quantitative estimate of drug-likeness (QED) is 0.548. The summed E-state index contributed by atoms with van der Waals surface area (Å²) in [5.74, 6) is 1.80. The molecule has 0 aliphatic carbocycles. The molecule has 1 N–H and O–H groups in total. The number of carbonyl (C=O) groups excluding carboxylic acids is 1. The Morgan fingerprint density at radius 2 is 2.04 bits per heavy atom. The number of aryl methyl sites for hydroxylation is 2. The average Bonchev–Trinajstić information content (AvgIpc) is 3.03. The van der Waals surface area contributed by atoms with Crippen LogP contribution in [0.15, 0.2) is 48.5 Å². The molecule has 28 heavy (non-hydrogen) atoms. The van der Waals surface area contributed by atoms with Crippen molar-refractivity contribution >= 4 is 16.9 Å². The number of aromatic nitrogens is 2. The number of carbonyl (C=O) groups is 1. The maximum Gasteiger partial charge on any atom is 0.245 e. The molecule has 1 heterocycles. The number of amides is 1. The highest BCUT2D eigenvalue weighted by atomic mass is 16.5. The van der Waals surface area contributed by atoms with Crippen molar-refractivity contribution in [3.05, 3.63) is 59.9 Å². The number of fused-ring (bicyclic) bond motifs is 1. The summed E-state index contributed by atoms with van der Waals surface area (Å²) in [6, 6.07) is 16.2. The summed E-state index contributed by atoms with van der Waals surface area (Å²) in [5.41, 5.74) is 3.27. The Labute approximate surface area is 165 Å². The monoisotopic (exact) mass is 381 g/mol. The van der Waals surface area contributed by atoms with Gasteiger partial charge in [0.2, 0.25) is 5.91 Å². The van der Waals surface area contributed by atoms with E-state index in [9.17, 15) is 4.79 Å². The number of methoxy groups -OCH3 is 1. The first-order valence-corrected chi connectivity index (χ1v) is 9.56. The van der Waals surface area contributed by atoms with Gasteiger partial charge in [0.05, 0.1) is 17.6 Å². The van der Waals surface area contributed by atoms with E-state index in [0.29, 0.717) is 13.2 Å². The molecule has 0 atom stereocenters. The van der Waals surface area contributed by atoms with Crippen molar-refractivity contribution in [3.63, 3.8) is 0 Å². The first-order chi connectivity index (χ1) is 13.7. The SMILES string of the molecule is COCC(=O)NCCCc1nc2ccccc2n1CCOc1cccc(C)c1. The summed E-state index contributed by atoms with van der Waals surface area (Å²) in [6.07, 6.45) is 1.60. The van der Waals surface area contributed by atoms with Crippen LogP contribution in [0.25, 0.3) is 11.0 Å². The van der Waals surface area contributed by atoms with Gasteiger partial charge in [-0.05, 0) is 43.2 Å². The molecule has 0 spiro atoms. The lowest BCUT2D eigenvalue weighted by atomic mass is 10.2. The maximum atomic E-state index is 11.5. The lowest BCUT2D eigenvalue weighted by molar-refractivity contribution is -0.124. The molecule has 0 radical (unpaired) electrons. The van der Waals surface area contributed by atoms with E-state index in [-0.39, 0.29) is 12.5 Å². The van der Waals surface area contributed by atoms with E-state index in [4.69, 9.17) is 14.5 Å². The van der Waals surface area contributed by atoms with Crippen LogP contribution >= 0.6 is 0 Å². The molecular weight excluding hydrogens is 354 g/mol. The summed E-state index contributed by atoms with van der Waals surface area (Å²) in [5, 5.41) is 2.85. The molecule has 0 bridgehead atoms. The summed E-state index contributed by atoms with van der Waals surface area (Å²) >= 11 is 0. The number of rotatable bonds is 10. The van der Waals surface area contributed by atoms with Gasteiger partial charge in [-0.25, -0.2) is 4.98 Å². The van der Waals surface area contributed by atoms with E-state index in [0.717, 1.165) is 42.0 Å². The van der Waals surface area contributed by atoms with E-state index in [1.54, 1.807) is 0 Å². The third-order valence-corrected chi connectivity index (χ3v) is 4.48. The molecule has 0 fully saturated rings. The van der Waals surface area contributed by atoms with Gasteiger partial charge < -0.3 is 19.4 Å². The van der Waals surface area contributed by atoms with Crippen LogP contribution in [-0.4, -0.2) is 42.3 Å². The second-order valence-electron chi connectivity index (χ2n) is 6.72. The van der Waals surface area contributed by atoms with Gasteiger partial charge in [0, 0.05) is 20.1 Å². The fourth-order valence-corrected chi connectivity index (χ4v) is 3.18. The van der Waals surface area contributed by atoms with Crippen molar-refractivity contribution in [3.8, 4) is 5.75 Å². The van der Waals surface area contributed by atoms with E-state index in [1.807, 2.05) is 36.4 Å². The maximum absolute atomic E-state index is 11.5. The third-order valence-electron chi connectivity index (χ3n) is 4.48. The predicted molar refractivity (Wildman–Crippen MR) is 110 cm³/mol. The Morgan fingerprint density at radius 1 is 1.18 bits per heavy atom. The number of benzene rings is 2. The van der Waals surface area contributed by atoms with E-state index in [2.05, 4.69) is 28.9 Å². The molecule has 6 heteroatoms. The average molecular weight is 381 g/mol. The van der Waals surface area contributed by atoms with Crippen LogP contribution in [0.1, 0.15) is 17.8 Å². The normalized spacial score (nSPS) is 10.9. The predicted octanol–water partition coefficient (Wildman–Crippen LogP) is 3.12. The zero-order valence-electron chi connectivity index (χ0n) is 16.5. The smallest absolute Gasteiger partial charge is 0.245 e. The number of hydrogen-bond donors (Lipinski definition) is 1. The van der Waals surface area contributed by atoms with Gasteiger partial charge in [0.25, 0.3) is 0 Å². The van der Waals surface area contributed by atoms with Gasteiger partial charge in [-0.3, -0.25) is 4.79 Å². The summed E-state index contributed by atoms with van der Waals surface area (Å²) < 4.78 is 13.0. The van der Waals surface area contributed by atoms with Gasteiger partial charge in [-0.2, -0.15) is 0 Å². The Morgan fingerprint density at radius 3 is 2.86 bits per heavy atom.